The van der Waals surface area contributed by atoms with Crippen molar-refractivity contribution in [2.75, 3.05) is 26.2 Å². The van der Waals surface area contributed by atoms with E-state index in [1.54, 1.807) is 0 Å². The molecule has 2 aliphatic heterocycles. The van der Waals surface area contributed by atoms with Crippen LogP contribution >= 0.6 is 12.4 Å². The summed E-state index contributed by atoms with van der Waals surface area (Å²) in [6.45, 7) is 5.76. The Hall–Kier alpha value is -1.26. The Labute approximate surface area is 138 Å². The van der Waals surface area contributed by atoms with Gasteiger partial charge in [-0.25, -0.2) is 0 Å². The van der Waals surface area contributed by atoms with Crippen LogP contribution in [0.25, 0.3) is 0 Å². The van der Waals surface area contributed by atoms with Gasteiger partial charge in [0.15, 0.2) is 0 Å². The average Bonchev–Trinajstić information content (AvgIpc) is 3.05. The molecule has 0 aromatic heterocycles. The van der Waals surface area contributed by atoms with Crippen LogP contribution in [0.4, 0.5) is 0 Å². The van der Waals surface area contributed by atoms with Crippen LogP contribution < -0.4 is 10.1 Å². The highest BCUT2D eigenvalue weighted by Gasteiger charge is 2.44. The molecule has 1 aromatic rings. The van der Waals surface area contributed by atoms with E-state index in [0.717, 1.165) is 12.3 Å². The molecule has 0 bridgehead atoms. The van der Waals surface area contributed by atoms with Crippen molar-refractivity contribution in [3.8, 4) is 5.75 Å². The first-order valence-corrected chi connectivity index (χ1v) is 8.00. The van der Waals surface area contributed by atoms with Crippen LogP contribution in [0.3, 0.4) is 0 Å². The van der Waals surface area contributed by atoms with Crippen molar-refractivity contribution >= 4 is 18.3 Å². The summed E-state index contributed by atoms with van der Waals surface area (Å²) in [7, 11) is 0. The number of hydrogen-bond acceptors (Lipinski definition) is 3. The number of nitrogens with zero attached hydrogens (tertiary/aromatic N) is 1. The van der Waals surface area contributed by atoms with E-state index in [0.29, 0.717) is 12.2 Å². The molecule has 0 aliphatic carbocycles. The fourth-order valence-corrected chi connectivity index (χ4v) is 3.73. The van der Waals surface area contributed by atoms with Gasteiger partial charge in [-0.3, -0.25) is 9.69 Å². The predicted octanol–water partition coefficient (Wildman–Crippen LogP) is 2.87. The van der Waals surface area contributed by atoms with Gasteiger partial charge in [0.05, 0.1) is 6.61 Å². The van der Waals surface area contributed by atoms with Crippen molar-refractivity contribution < 1.29 is 9.53 Å². The van der Waals surface area contributed by atoms with E-state index in [2.05, 4.69) is 10.2 Å². The molecule has 5 heteroatoms. The summed E-state index contributed by atoms with van der Waals surface area (Å²) in [6, 6.07) is 7.38. The lowest BCUT2D eigenvalue weighted by Crippen LogP contribution is -2.48. The number of nitrogens with one attached hydrogen (secondary N) is 1. The second kappa shape index (κ2) is 7.34. The summed E-state index contributed by atoms with van der Waals surface area (Å²) in [5, 5.41) is 3.13. The highest BCUT2D eigenvalue weighted by molar-refractivity contribution is 5.94. The van der Waals surface area contributed by atoms with Crippen molar-refractivity contribution in [1.82, 2.24) is 10.2 Å². The van der Waals surface area contributed by atoms with Crippen molar-refractivity contribution in [1.29, 1.82) is 0 Å². The average molecular weight is 325 g/mol. The number of rotatable bonds is 5. The van der Waals surface area contributed by atoms with Gasteiger partial charge in [0.2, 0.25) is 0 Å². The first-order chi connectivity index (χ1) is 10.2. The van der Waals surface area contributed by atoms with Crippen LogP contribution in [-0.4, -0.2) is 42.6 Å². The fourth-order valence-electron chi connectivity index (χ4n) is 3.73. The molecule has 1 aromatic carbocycles. The van der Waals surface area contributed by atoms with E-state index in [-0.39, 0.29) is 23.9 Å². The molecule has 2 heterocycles. The van der Waals surface area contributed by atoms with Gasteiger partial charge < -0.3 is 10.1 Å². The third-order valence-corrected chi connectivity index (χ3v) is 4.82. The molecule has 22 heavy (non-hydrogen) atoms. The van der Waals surface area contributed by atoms with Crippen LogP contribution in [0.2, 0.25) is 0 Å². The standard InChI is InChI=1S/C17H24N2O2.ClH/c1-2-21-15-7-5-14(6-8-15)16(20)18-13-17-9-3-11-19(17)12-4-10-17;/h5-8H,2-4,9-13H2,1H3,(H,18,20);1H. The summed E-state index contributed by atoms with van der Waals surface area (Å²) < 4.78 is 5.40. The molecule has 0 atom stereocenters. The third-order valence-electron chi connectivity index (χ3n) is 4.82. The zero-order valence-electron chi connectivity index (χ0n) is 13.1. The highest BCUT2D eigenvalue weighted by atomic mass is 35.5. The monoisotopic (exact) mass is 324 g/mol. The Kier molecular flexibility index (Phi) is 5.70. The van der Waals surface area contributed by atoms with Crippen LogP contribution in [0, 0.1) is 0 Å². The number of benzene rings is 1. The van der Waals surface area contributed by atoms with Gasteiger partial charge in [0, 0.05) is 17.6 Å². The summed E-state index contributed by atoms with van der Waals surface area (Å²) in [5.41, 5.74) is 0.943. The maximum absolute atomic E-state index is 12.3. The Bertz CT molecular complexity index is 494. The molecule has 2 fully saturated rings. The molecule has 0 spiro atoms. The Morgan fingerprint density at radius 3 is 2.45 bits per heavy atom. The van der Waals surface area contributed by atoms with Gasteiger partial charge in [-0.05, 0) is 70.0 Å². The highest BCUT2D eigenvalue weighted by Crippen LogP contribution is 2.38. The molecule has 2 aliphatic rings. The molecular formula is C17H25ClN2O2. The molecule has 3 rings (SSSR count). The largest absolute Gasteiger partial charge is 0.494 e. The van der Waals surface area contributed by atoms with Crippen LogP contribution in [-0.2, 0) is 0 Å². The second-order valence-corrected chi connectivity index (χ2v) is 6.06. The van der Waals surface area contributed by atoms with Crippen molar-refractivity contribution in [3.63, 3.8) is 0 Å². The molecule has 4 nitrogen and oxygen atoms in total. The van der Waals surface area contributed by atoms with Crippen molar-refractivity contribution in [2.24, 2.45) is 0 Å². The van der Waals surface area contributed by atoms with Gasteiger partial charge in [0.25, 0.3) is 5.91 Å². The van der Waals surface area contributed by atoms with E-state index in [1.165, 1.54) is 38.8 Å². The first kappa shape index (κ1) is 17.1. The lowest BCUT2D eigenvalue weighted by Gasteiger charge is -2.32. The first-order valence-electron chi connectivity index (χ1n) is 8.00. The number of amides is 1. The molecule has 122 valence electrons. The fraction of sp³-hybridized carbons (Fsp3) is 0.588. The Morgan fingerprint density at radius 2 is 1.86 bits per heavy atom. The van der Waals surface area contributed by atoms with Gasteiger partial charge in [0.1, 0.15) is 5.75 Å². The smallest absolute Gasteiger partial charge is 0.251 e. The van der Waals surface area contributed by atoms with Gasteiger partial charge in [-0.1, -0.05) is 0 Å². The summed E-state index contributed by atoms with van der Waals surface area (Å²) >= 11 is 0. The minimum atomic E-state index is 0. The number of carbonyl (C=O) groups is 1. The van der Waals surface area contributed by atoms with Gasteiger partial charge >= 0.3 is 0 Å². The summed E-state index contributed by atoms with van der Waals surface area (Å²) in [4.78, 5) is 14.8. The molecule has 0 radical (unpaired) electrons. The van der Waals surface area contributed by atoms with E-state index in [1.807, 2.05) is 31.2 Å². The number of ether oxygens (including phenoxy) is 1. The number of carbonyl (C=O) groups excluding carboxylic acids is 1. The summed E-state index contributed by atoms with van der Waals surface area (Å²) in [5.74, 6) is 0.830. The Morgan fingerprint density at radius 1 is 1.23 bits per heavy atom. The van der Waals surface area contributed by atoms with Crippen molar-refractivity contribution in [2.45, 2.75) is 38.1 Å². The molecule has 2 saturated heterocycles. The normalized spacial score (nSPS) is 19.3. The topological polar surface area (TPSA) is 41.6 Å². The van der Waals surface area contributed by atoms with Crippen LogP contribution in [0.15, 0.2) is 24.3 Å². The zero-order valence-corrected chi connectivity index (χ0v) is 14.0. The van der Waals surface area contributed by atoms with E-state index in [9.17, 15) is 4.79 Å². The molecule has 1 amide bonds. The number of hydrogen-bond donors (Lipinski definition) is 1. The SMILES string of the molecule is CCOc1ccc(C(=O)NCC23CCCN2CCC3)cc1.Cl. The molecular weight excluding hydrogens is 300 g/mol. The lowest BCUT2D eigenvalue weighted by molar-refractivity contribution is 0.0919. The summed E-state index contributed by atoms with van der Waals surface area (Å²) in [6.07, 6.45) is 4.96. The van der Waals surface area contributed by atoms with E-state index in [4.69, 9.17) is 4.74 Å². The maximum Gasteiger partial charge on any atom is 0.251 e. The van der Waals surface area contributed by atoms with Gasteiger partial charge in [-0.2, -0.15) is 0 Å². The van der Waals surface area contributed by atoms with Crippen LogP contribution in [0.5, 0.6) is 5.75 Å². The maximum atomic E-state index is 12.3. The zero-order chi connectivity index (χ0) is 14.7. The second-order valence-electron chi connectivity index (χ2n) is 6.06. The predicted molar refractivity (Wildman–Crippen MR) is 90.0 cm³/mol. The number of halogens is 1. The van der Waals surface area contributed by atoms with Crippen LogP contribution in [0.1, 0.15) is 43.0 Å². The van der Waals surface area contributed by atoms with E-state index < -0.39 is 0 Å². The third kappa shape index (κ3) is 3.39. The minimum absolute atomic E-state index is 0. The minimum Gasteiger partial charge on any atom is -0.494 e. The van der Waals surface area contributed by atoms with Crippen molar-refractivity contribution in [3.05, 3.63) is 29.8 Å². The lowest BCUT2D eigenvalue weighted by atomic mass is 9.94. The van der Waals surface area contributed by atoms with E-state index >= 15 is 0 Å². The molecule has 0 unspecified atom stereocenters. The quantitative estimate of drug-likeness (QED) is 0.905. The molecule has 0 saturated carbocycles. The number of fused-ring (bicyclic) bond motifs is 1. The Balaban J connectivity index is 0.00000176. The molecule has 1 N–H and O–H groups in total. The van der Waals surface area contributed by atoms with Gasteiger partial charge in [-0.15, -0.1) is 12.4 Å².